The van der Waals surface area contributed by atoms with E-state index >= 15 is 0 Å². The Bertz CT molecular complexity index is 886. The summed E-state index contributed by atoms with van der Waals surface area (Å²) in [4.78, 5) is 23.5. The molecule has 0 aliphatic rings. The molecule has 0 fully saturated rings. The summed E-state index contributed by atoms with van der Waals surface area (Å²) < 4.78 is 34.9. The molecular weight excluding hydrogens is 358 g/mol. The molecule has 2 aromatic rings. The van der Waals surface area contributed by atoms with Crippen LogP contribution in [0.3, 0.4) is 0 Å². The minimum Gasteiger partial charge on any atom is -0.465 e. The monoisotopic (exact) mass is 377 g/mol. The van der Waals surface area contributed by atoms with Crippen LogP contribution in [-0.4, -0.2) is 45.9 Å². The fourth-order valence-corrected chi connectivity index (χ4v) is 2.96. The molecule has 0 atom stereocenters. The van der Waals surface area contributed by atoms with Crippen LogP contribution in [0.1, 0.15) is 26.3 Å². The van der Waals surface area contributed by atoms with Crippen molar-refractivity contribution in [2.24, 2.45) is 0 Å². The van der Waals surface area contributed by atoms with Crippen molar-refractivity contribution in [3.05, 3.63) is 65.2 Å². The maximum atomic E-state index is 12.1. The van der Waals surface area contributed by atoms with E-state index < -0.39 is 22.0 Å². The van der Waals surface area contributed by atoms with Crippen LogP contribution in [0.15, 0.2) is 53.4 Å². The summed E-state index contributed by atoms with van der Waals surface area (Å²) in [5.74, 6) is -1.02. The summed E-state index contributed by atoms with van der Waals surface area (Å²) in [6.07, 6.45) is 0. The van der Waals surface area contributed by atoms with Gasteiger partial charge in [-0.25, -0.2) is 22.3 Å². The van der Waals surface area contributed by atoms with Crippen molar-refractivity contribution in [1.29, 1.82) is 0 Å². The zero-order chi connectivity index (χ0) is 19.3. The number of ether oxygens (including phenoxy) is 2. The van der Waals surface area contributed by atoms with Crippen molar-refractivity contribution < 1.29 is 27.5 Å². The molecule has 0 spiro atoms. The molecule has 7 nitrogen and oxygen atoms in total. The Morgan fingerprint density at radius 3 is 1.88 bits per heavy atom. The van der Waals surface area contributed by atoms with Gasteiger partial charge in [0.1, 0.15) is 6.61 Å². The minimum absolute atomic E-state index is 0.0258. The Morgan fingerprint density at radius 2 is 1.38 bits per heavy atom. The predicted molar refractivity (Wildman–Crippen MR) is 94.2 cm³/mol. The van der Waals surface area contributed by atoms with Crippen molar-refractivity contribution in [2.75, 3.05) is 21.2 Å². The van der Waals surface area contributed by atoms with E-state index in [1.165, 1.54) is 45.5 Å². The van der Waals surface area contributed by atoms with Crippen molar-refractivity contribution in [2.45, 2.75) is 11.5 Å². The summed E-state index contributed by atoms with van der Waals surface area (Å²) in [7, 11) is 0.621. The van der Waals surface area contributed by atoms with Gasteiger partial charge in [-0.15, -0.1) is 0 Å². The van der Waals surface area contributed by atoms with Crippen molar-refractivity contribution >= 4 is 22.0 Å². The molecule has 8 heteroatoms. The van der Waals surface area contributed by atoms with Gasteiger partial charge in [-0.1, -0.05) is 12.1 Å². The SMILES string of the molecule is COC(=O)c1ccc(COC(=O)c2ccc(S(=O)(=O)N(C)C)cc2)cc1. The second-order valence-electron chi connectivity index (χ2n) is 5.58. The number of esters is 2. The molecule has 0 aromatic heterocycles. The normalized spacial score (nSPS) is 11.2. The van der Waals surface area contributed by atoms with E-state index in [0.29, 0.717) is 11.1 Å². The lowest BCUT2D eigenvalue weighted by Crippen LogP contribution is -2.22. The summed E-state index contributed by atoms with van der Waals surface area (Å²) in [5, 5.41) is 0. The first-order valence-electron chi connectivity index (χ1n) is 7.62. The zero-order valence-corrected chi connectivity index (χ0v) is 15.4. The lowest BCUT2D eigenvalue weighted by Gasteiger charge is -2.11. The average Bonchev–Trinajstić information content (AvgIpc) is 2.65. The van der Waals surface area contributed by atoms with Gasteiger partial charge >= 0.3 is 11.9 Å². The van der Waals surface area contributed by atoms with Crippen LogP contribution >= 0.6 is 0 Å². The third kappa shape index (κ3) is 4.47. The first-order chi connectivity index (χ1) is 12.3. The molecule has 0 unspecified atom stereocenters. The summed E-state index contributed by atoms with van der Waals surface area (Å²) >= 11 is 0. The highest BCUT2D eigenvalue weighted by atomic mass is 32.2. The van der Waals surface area contributed by atoms with Gasteiger partial charge in [0.05, 0.1) is 23.1 Å². The number of nitrogens with zero attached hydrogens (tertiary/aromatic N) is 1. The van der Waals surface area contributed by atoms with E-state index in [1.807, 2.05) is 0 Å². The van der Waals surface area contributed by atoms with Gasteiger partial charge in [-0.05, 0) is 42.0 Å². The summed E-state index contributed by atoms with van der Waals surface area (Å²) in [5.41, 5.74) is 1.35. The predicted octanol–water partition coefficient (Wildman–Crippen LogP) is 2.08. The molecule has 0 bridgehead atoms. The number of sulfonamides is 1. The van der Waals surface area contributed by atoms with Crippen LogP contribution in [0.25, 0.3) is 0 Å². The Balaban J connectivity index is 2.01. The van der Waals surface area contributed by atoms with Crippen LogP contribution in [0, 0.1) is 0 Å². The molecule has 0 N–H and O–H groups in total. The molecule has 2 rings (SSSR count). The van der Waals surface area contributed by atoms with E-state index in [1.54, 1.807) is 24.3 Å². The molecular formula is C18H19NO6S. The first kappa shape index (κ1) is 19.6. The summed E-state index contributed by atoms with van der Waals surface area (Å²) in [6.45, 7) is 0.0258. The van der Waals surface area contributed by atoms with E-state index in [2.05, 4.69) is 4.74 Å². The van der Waals surface area contributed by atoms with Gasteiger partial charge in [0.15, 0.2) is 0 Å². The third-order valence-corrected chi connectivity index (χ3v) is 5.44. The van der Waals surface area contributed by atoms with Crippen molar-refractivity contribution in [3.63, 3.8) is 0 Å². The number of benzene rings is 2. The Morgan fingerprint density at radius 1 is 0.885 bits per heavy atom. The van der Waals surface area contributed by atoms with Crippen LogP contribution in [0.2, 0.25) is 0 Å². The number of hydrogen-bond acceptors (Lipinski definition) is 6. The zero-order valence-electron chi connectivity index (χ0n) is 14.6. The van der Waals surface area contributed by atoms with Crippen molar-refractivity contribution in [3.8, 4) is 0 Å². The van der Waals surface area contributed by atoms with E-state index in [4.69, 9.17) is 4.74 Å². The number of carbonyl (C=O) groups is 2. The largest absolute Gasteiger partial charge is 0.465 e. The molecule has 0 radical (unpaired) electrons. The Labute approximate surface area is 152 Å². The average molecular weight is 377 g/mol. The quantitative estimate of drug-likeness (QED) is 0.716. The van der Waals surface area contributed by atoms with E-state index in [9.17, 15) is 18.0 Å². The second-order valence-corrected chi connectivity index (χ2v) is 7.73. The fourth-order valence-electron chi connectivity index (χ4n) is 2.06. The van der Waals surface area contributed by atoms with Gasteiger partial charge in [0.25, 0.3) is 0 Å². The molecule has 2 aromatic carbocycles. The lowest BCUT2D eigenvalue weighted by atomic mass is 10.1. The first-order valence-corrected chi connectivity index (χ1v) is 9.06. The topological polar surface area (TPSA) is 90.0 Å². The molecule has 0 saturated carbocycles. The second kappa shape index (κ2) is 8.11. The van der Waals surface area contributed by atoms with Gasteiger partial charge in [0.2, 0.25) is 10.0 Å². The number of hydrogen-bond donors (Lipinski definition) is 0. The van der Waals surface area contributed by atoms with Crippen molar-refractivity contribution in [1.82, 2.24) is 4.31 Å². The molecule has 26 heavy (non-hydrogen) atoms. The van der Waals surface area contributed by atoms with Gasteiger partial charge < -0.3 is 9.47 Å². The number of rotatable bonds is 6. The number of methoxy groups -OCH3 is 1. The molecule has 0 amide bonds. The van der Waals surface area contributed by atoms with E-state index in [0.717, 1.165) is 4.31 Å². The van der Waals surface area contributed by atoms with E-state index in [-0.39, 0.29) is 17.1 Å². The van der Waals surface area contributed by atoms with Crippen LogP contribution in [0.5, 0.6) is 0 Å². The molecule has 138 valence electrons. The van der Waals surface area contributed by atoms with Gasteiger partial charge in [-0.3, -0.25) is 0 Å². The van der Waals surface area contributed by atoms with Crippen LogP contribution in [0.4, 0.5) is 0 Å². The highest BCUT2D eigenvalue weighted by Gasteiger charge is 2.18. The summed E-state index contributed by atoms with van der Waals surface area (Å²) in [6, 6.07) is 12.0. The Kier molecular flexibility index (Phi) is 6.12. The Hall–Kier alpha value is -2.71. The van der Waals surface area contributed by atoms with Crippen LogP contribution < -0.4 is 0 Å². The van der Waals surface area contributed by atoms with Gasteiger partial charge in [0, 0.05) is 14.1 Å². The minimum atomic E-state index is -3.54. The fraction of sp³-hybridized carbons (Fsp3) is 0.222. The number of carbonyl (C=O) groups excluding carboxylic acids is 2. The maximum absolute atomic E-state index is 12.1. The standard InChI is InChI=1S/C18H19NO6S/c1-19(2)26(22,23)16-10-8-15(9-11-16)18(21)25-12-13-4-6-14(7-5-13)17(20)24-3/h4-11H,12H2,1-3H3. The molecule has 0 saturated heterocycles. The molecule has 0 aliphatic heterocycles. The maximum Gasteiger partial charge on any atom is 0.338 e. The molecule has 0 heterocycles. The third-order valence-electron chi connectivity index (χ3n) is 3.61. The highest BCUT2D eigenvalue weighted by molar-refractivity contribution is 7.89. The lowest BCUT2D eigenvalue weighted by molar-refractivity contribution is 0.0471. The van der Waals surface area contributed by atoms with Crippen LogP contribution in [-0.2, 0) is 26.1 Å². The van der Waals surface area contributed by atoms with Gasteiger partial charge in [-0.2, -0.15) is 0 Å². The molecule has 0 aliphatic carbocycles. The highest BCUT2D eigenvalue weighted by Crippen LogP contribution is 2.15. The smallest absolute Gasteiger partial charge is 0.338 e.